The average Bonchev–Trinajstić information content (AvgIpc) is 3.38. The van der Waals surface area contributed by atoms with Crippen molar-refractivity contribution in [3.05, 3.63) is 24.3 Å². The molecule has 0 saturated heterocycles. The second-order valence-electron chi connectivity index (χ2n) is 10.8. The molecule has 0 amide bonds. The molecule has 0 N–H and O–H groups in total. The van der Waals surface area contributed by atoms with Crippen molar-refractivity contribution in [3.63, 3.8) is 0 Å². The summed E-state index contributed by atoms with van der Waals surface area (Å²) in [6, 6.07) is 9.26. The van der Waals surface area contributed by atoms with Crippen molar-refractivity contribution in [1.82, 2.24) is 0 Å². The molecule has 28 heavy (non-hydrogen) atoms. The van der Waals surface area contributed by atoms with E-state index in [9.17, 15) is 0 Å². The van der Waals surface area contributed by atoms with Crippen LogP contribution in [0.25, 0.3) is 0 Å². The fourth-order valence-corrected chi connectivity index (χ4v) is 15.4. The van der Waals surface area contributed by atoms with Gasteiger partial charge in [-0.1, -0.05) is 102 Å². The molecule has 4 saturated carbocycles. The van der Waals surface area contributed by atoms with Crippen LogP contribution >= 0.6 is 0 Å². The largest absolute Gasteiger partial charge is 0.497 e. The monoisotopic (exact) mass is 396 g/mol. The Morgan fingerprint density at radius 1 is 0.714 bits per heavy atom. The van der Waals surface area contributed by atoms with Gasteiger partial charge in [-0.3, -0.25) is 0 Å². The first-order valence-corrected chi connectivity index (χ1v) is 15.0. The van der Waals surface area contributed by atoms with Gasteiger partial charge in [0.1, 0.15) is 5.75 Å². The van der Waals surface area contributed by atoms with Crippen molar-refractivity contribution in [2.24, 2.45) is 23.7 Å². The molecule has 0 aliphatic heterocycles. The number of methoxy groups -OCH3 is 1. The summed E-state index contributed by atoms with van der Waals surface area (Å²) in [5.74, 6) is 5.36. The molecule has 2 heteroatoms. The lowest BCUT2D eigenvalue weighted by Crippen LogP contribution is -2.56. The fraction of sp³-hybridized carbons (Fsp3) is 0.769. The van der Waals surface area contributed by atoms with Crippen molar-refractivity contribution in [2.75, 3.05) is 7.11 Å². The third-order valence-corrected chi connectivity index (χ3v) is 16.0. The molecular weight excluding hydrogens is 356 g/mol. The maximum absolute atomic E-state index is 6.02. The van der Waals surface area contributed by atoms with Crippen molar-refractivity contribution >= 4 is 13.3 Å². The predicted molar refractivity (Wildman–Crippen MR) is 121 cm³/mol. The molecule has 4 aliphatic rings. The minimum Gasteiger partial charge on any atom is -0.497 e. The lowest BCUT2D eigenvalue weighted by Gasteiger charge is -2.47. The van der Waals surface area contributed by atoms with Crippen LogP contribution < -0.4 is 9.92 Å². The van der Waals surface area contributed by atoms with Crippen LogP contribution in [-0.2, 0) is 0 Å². The van der Waals surface area contributed by atoms with Crippen LogP contribution in [0.3, 0.4) is 0 Å². The van der Waals surface area contributed by atoms with Crippen molar-refractivity contribution in [1.29, 1.82) is 0 Å². The lowest BCUT2D eigenvalue weighted by molar-refractivity contribution is 0.263. The normalized spacial score (nSPS) is 39.8. The SMILES string of the molecule is COc1ccccc1[Si](C)(C1CCC2CCCCC21)C1CCC2CCCCC21. The quantitative estimate of drug-likeness (QED) is 0.502. The zero-order valence-corrected chi connectivity index (χ0v) is 19.2. The fourth-order valence-electron chi connectivity index (χ4n) is 8.72. The molecule has 0 radical (unpaired) electrons. The first-order chi connectivity index (χ1) is 13.7. The van der Waals surface area contributed by atoms with Crippen LogP contribution in [0.2, 0.25) is 17.6 Å². The maximum atomic E-state index is 6.02. The maximum Gasteiger partial charge on any atom is 0.118 e. The van der Waals surface area contributed by atoms with E-state index in [1.165, 1.54) is 82.8 Å². The van der Waals surface area contributed by atoms with Crippen molar-refractivity contribution < 1.29 is 4.74 Å². The van der Waals surface area contributed by atoms with E-state index < -0.39 is 8.07 Å². The van der Waals surface area contributed by atoms with E-state index >= 15 is 0 Å². The Hall–Kier alpha value is -0.763. The standard InChI is InChI=1S/C26H40OSi/c1-27-23-13-7-8-14-26(23)28(2,24-17-15-19-9-3-5-11-21(19)24)25-18-16-20-10-4-6-12-22(20)25/h7-8,13-14,19-22,24-25H,3-6,9-12,15-18H2,1-2H3. The van der Waals surface area contributed by atoms with Gasteiger partial charge in [0.15, 0.2) is 0 Å². The lowest BCUT2D eigenvalue weighted by atomic mass is 9.81. The molecule has 5 rings (SSSR count). The Morgan fingerprint density at radius 3 is 1.82 bits per heavy atom. The molecule has 4 aliphatic carbocycles. The third-order valence-electron chi connectivity index (χ3n) is 9.89. The number of rotatable bonds is 4. The van der Waals surface area contributed by atoms with Gasteiger partial charge in [0.05, 0.1) is 15.2 Å². The second kappa shape index (κ2) is 7.82. The minimum atomic E-state index is -1.67. The Balaban J connectivity index is 1.58. The van der Waals surface area contributed by atoms with Crippen LogP contribution in [0.1, 0.15) is 77.0 Å². The van der Waals surface area contributed by atoms with Crippen LogP contribution in [0.15, 0.2) is 24.3 Å². The Kier molecular flexibility index (Phi) is 5.36. The molecule has 0 aromatic heterocycles. The third kappa shape index (κ3) is 3.01. The Labute approximate surface area is 173 Å². The summed E-state index contributed by atoms with van der Waals surface area (Å²) in [5, 5.41) is 1.69. The molecule has 1 aromatic carbocycles. The number of para-hydroxylation sites is 1. The highest BCUT2D eigenvalue weighted by Crippen LogP contribution is 2.61. The molecule has 1 nitrogen and oxygen atoms in total. The molecular formula is C26H40OSi. The van der Waals surface area contributed by atoms with E-state index in [-0.39, 0.29) is 0 Å². The Morgan fingerprint density at radius 2 is 1.25 bits per heavy atom. The molecule has 6 unspecified atom stereocenters. The van der Waals surface area contributed by atoms with Crippen LogP contribution in [0.4, 0.5) is 0 Å². The van der Waals surface area contributed by atoms with E-state index in [0.29, 0.717) is 0 Å². The first-order valence-electron chi connectivity index (χ1n) is 12.4. The smallest absolute Gasteiger partial charge is 0.118 e. The number of benzene rings is 1. The zero-order chi connectivity index (χ0) is 19.1. The molecule has 0 bridgehead atoms. The van der Waals surface area contributed by atoms with E-state index in [4.69, 9.17) is 4.74 Å². The Bertz CT molecular complexity index is 653. The van der Waals surface area contributed by atoms with Gasteiger partial charge < -0.3 is 4.74 Å². The number of fused-ring (bicyclic) bond motifs is 2. The summed E-state index contributed by atoms with van der Waals surface area (Å²) in [4.78, 5) is 0. The number of hydrogen-bond donors (Lipinski definition) is 0. The van der Waals surface area contributed by atoms with E-state index in [1.54, 1.807) is 5.19 Å². The van der Waals surface area contributed by atoms with Gasteiger partial charge >= 0.3 is 0 Å². The second-order valence-corrected chi connectivity index (χ2v) is 15.4. The van der Waals surface area contributed by atoms with Gasteiger partial charge in [0.25, 0.3) is 0 Å². The van der Waals surface area contributed by atoms with Crippen molar-refractivity contribution in [3.8, 4) is 5.75 Å². The van der Waals surface area contributed by atoms with Crippen LogP contribution in [-0.4, -0.2) is 15.2 Å². The first kappa shape index (κ1) is 19.2. The highest BCUT2D eigenvalue weighted by atomic mass is 28.3. The molecule has 4 fully saturated rings. The molecule has 6 atom stereocenters. The highest BCUT2D eigenvalue weighted by Gasteiger charge is 2.57. The minimum absolute atomic E-state index is 1.000. The number of hydrogen-bond acceptors (Lipinski definition) is 1. The van der Waals surface area contributed by atoms with Gasteiger partial charge in [0.2, 0.25) is 0 Å². The molecule has 0 heterocycles. The summed E-state index contributed by atoms with van der Waals surface area (Å²) in [5.41, 5.74) is 2.00. The van der Waals surface area contributed by atoms with Gasteiger partial charge in [-0.25, -0.2) is 0 Å². The highest BCUT2D eigenvalue weighted by molar-refractivity contribution is 6.94. The summed E-state index contributed by atoms with van der Waals surface area (Å²) in [6.07, 6.45) is 18.1. The zero-order valence-electron chi connectivity index (χ0n) is 18.2. The summed E-state index contributed by atoms with van der Waals surface area (Å²) in [6.45, 7) is 2.83. The summed E-state index contributed by atoms with van der Waals surface area (Å²) in [7, 11) is 0.240. The summed E-state index contributed by atoms with van der Waals surface area (Å²) < 4.78 is 6.02. The molecule has 0 spiro atoms. The van der Waals surface area contributed by atoms with Gasteiger partial charge in [-0.05, 0) is 46.0 Å². The predicted octanol–water partition coefficient (Wildman–Crippen LogP) is 6.92. The van der Waals surface area contributed by atoms with Gasteiger partial charge in [0, 0.05) is 0 Å². The van der Waals surface area contributed by atoms with Crippen LogP contribution in [0, 0.1) is 23.7 Å². The van der Waals surface area contributed by atoms with Gasteiger partial charge in [-0.2, -0.15) is 0 Å². The van der Waals surface area contributed by atoms with Crippen molar-refractivity contribution in [2.45, 2.75) is 94.7 Å². The topological polar surface area (TPSA) is 9.23 Å². The summed E-state index contributed by atoms with van der Waals surface area (Å²) >= 11 is 0. The van der Waals surface area contributed by atoms with E-state index in [1.807, 2.05) is 7.11 Å². The van der Waals surface area contributed by atoms with Gasteiger partial charge in [-0.15, -0.1) is 0 Å². The van der Waals surface area contributed by atoms with E-state index in [0.717, 1.165) is 34.8 Å². The van der Waals surface area contributed by atoms with E-state index in [2.05, 4.69) is 30.8 Å². The number of ether oxygens (including phenoxy) is 1. The molecule has 1 aromatic rings. The average molecular weight is 397 g/mol. The van der Waals surface area contributed by atoms with Crippen LogP contribution in [0.5, 0.6) is 5.75 Å². The molecule has 154 valence electrons.